The Morgan fingerprint density at radius 3 is 1.55 bits per heavy atom. The van der Waals surface area contributed by atoms with E-state index in [4.69, 9.17) is 9.98 Å². The van der Waals surface area contributed by atoms with Crippen molar-refractivity contribution in [1.82, 2.24) is 0 Å². The van der Waals surface area contributed by atoms with Gasteiger partial charge >= 0.3 is 0 Å². The van der Waals surface area contributed by atoms with E-state index in [9.17, 15) is 0 Å². The second-order valence-electron chi connectivity index (χ2n) is 7.39. The summed E-state index contributed by atoms with van der Waals surface area (Å²) in [6.45, 7) is 11.0. The van der Waals surface area contributed by atoms with Crippen molar-refractivity contribution in [3.63, 3.8) is 0 Å². The minimum atomic E-state index is 0. The zero-order chi connectivity index (χ0) is 20.4. The van der Waals surface area contributed by atoms with Crippen molar-refractivity contribution in [2.45, 2.75) is 79.6 Å². The van der Waals surface area contributed by atoms with Crippen LogP contribution in [0.5, 0.6) is 0 Å². The van der Waals surface area contributed by atoms with Crippen molar-refractivity contribution in [3.8, 4) is 0 Å². The third-order valence-electron chi connectivity index (χ3n) is 5.13. The van der Waals surface area contributed by atoms with Gasteiger partial charge in [-0.2, -0.15) is 0 Å². The summed E-state index contributed by atoms with van der Waals surface area (Å²) in [6.07, 6.45) is 9.39. The molecule has 0 N–H and O–H groups in total. The third kappa shape index (κ3) is 8.37. The SMILES string of the molecule is CCCCC(/C=N/c1cc(CC)cc(CC)c1)=N\c1cc(CC)cc(CC)c1.[Pd]. The Hall–Kier alpha value is -1.56. The van der Waals surface area contributed by atoms with E-state index < -0.39 is 0 Å². The fourth-order valence-corrected chi connectivity index (χ4v) is 3.26. The van der Waals surface area contributed by atoms with Crippen molar-refractivity contribution >= 4 is 23.3 Å². The maximum Gasteiger partial charge on any atom is 0.0639 e. The molecule has 2 aromatic rings. The van der Waals surface area contributed by atoms with E-state index in [1.54, 1.807) is 0 Å². The number of unbranched alkanes of at least 4 members (excludes halogenated alkanes) is 1. The van der Waals surface area contributed by atoms with Crippen molar-refractivity contribution < 1.29 is 20.4 Å². The number of hydrogen-bond donors (Lipinski definition) is 0. The molecule has 0 bridgehead atoms. The molecular formula is C26H36N2Pd. The predicted octanol–water partition coefficient (Wildman–Crippen LogP) is 7.60. The van der Waals surface area contributed by atoms with Crippen LogP contribution < -0.4 is 0 Å². The second kappa shape index (κ2) is 13.6. The predicted molar refractivity (Wildman–Crippen MR) is 125 cm³/mol. The smallest absolute Gasteiger partial charge is 0.0639 e. The molecule has 0 fully saturated rings. The zero-order valence-corrected chi connectivity index (χ0v) is 20.3. The maximum absolute atomic E-state index is 4.98. The van der Waals surface area contributed by atoms with Crippen molar-refractivity contribution in [2.24, 2.45) is 9.98 Å². The van der Waals surface area contributed by atoms with Crippen molar-refractivity contribution in [1.29, 1.82) is 0 Å². The van der Waals surface area contributed by atoms with Crippen LogP contribution in [0.25, 0.3) is 0 Å². The van der Waals surface area contributed by atoms with E-state index in [0.29, 0.717) is 0 Å². The van der Waals surface area contributed by atoms with Gasteiger partial charge in [-0.25, -0.2) is 0 Å². The summed E-state index contributed by atoms with van der Waals surface area (Å²) in [6, 6.07) is 13.4. The van der Waals surface area contributed by atoms with Gasteiger partial charge in [0.15, 0.2) is 0 Å². The monoisotopic (exact) mass is 482 g/mol. The van der Waals surface area contributed by atoms with Gasteiger partial charge in [-0.15, -0.1) is 0 Å². The molecule has 0 aliphatic carbocycles. The van der Waals surface area contributed by atoms with Crippen LogP contribution >= 0.6 is 0 Å². The second-order valence-corrected chi connectivity index (χ2v) is 7.39. The molecule has 29 heavy (non-hydrogen) atoms. The number of rotatable bonds is 10. The Labute approximate surface area is 191 Å². The summed E-state index contributed by atoms with van der Waals surface area (Å²) in [5.74, 6) is 0. The van der Waals surface area contributed by atoms with Gasteiger partial charge in [0.2, 0.25) is 0 Å². The molecule has 2 rings (SSSR count). The Morgan fingerprint density at radius 2 is 1.14 bits per heavy atom. The molecule has 0 aromatic heterocycles. The molecule has 0 saturated heterocycles. The van der Waals surface area contributed by atoms with E-state index in [-0.39, 0.29) is 20.4 Å². The van der Waals surface area contributed by atoms with E-state index in [1.807, 2.05) is 6.21 Å². The third-order valence-corrected chi connectivity index (χ3v) is 5.13. The van der Waals surface area contributed by atoms with Crippen LogP contribution in [0.15, 0.2) is 46.4 Å². The van der Waals surface area contributed by atoms with Crippen LogP contribution in [-0.4, -0.2) is 11.9 Å². The molecule has 2 aromatic carbocycles. The van der Waals surface area contributed by atoms with E-state index in [0.717, 1.165) is 62.0 Å². The molecule has 0 heterocycles. The van der Waals surface area contributed by atoms with E-state index in [2.05, 4.69) is 71.0 Å². The van der Waals surface area contributed by atoms with Gasteiger partial charge < -0.3 is 0 Å². The first kappa shape index (κ1) is 25.5. The van der Waals surface area contributed by atoms with Crippen LogP contribution in [-0.2, 0) is 46.1 Å². The maximum atomic E-state index is 4.98. The topological polar surface area (TPSA) is 24.7 Å². The molecule has 0 atom stereocenters. The summed E-state index contributed by atoms with van der Waals surface area (Å²) >= 11 is 0. The van der Waals surface area contributed by atoms with Gasteiger partial charge in [-0.3, -0.25) is 9.98 Å². The van der Waals surface area contributed by atoms with E-state index in [1.165, 1.54) is 22.3 Å². The zero-order valence-electron chi connectivity index (χ0n) is 18.7. The molecule has 160 valence electrons. The van der Waals surface area contributed by atoms with Gasteiger partial charge in [-0.05, 0) is 85.0 Å². The molecule has 0 aliphatic heterocycles. The summed E-state index contributed by atoms with van der Waals surface area (Å²) in [7, 11) is 0. The van der Waals surface area contributed by atoms with Gasteiger partial charge in [0.1, 0.15) is 0 Å². The number of aliphatic imine (C=N–C) groups is 2. The first-order valence-electron chi connectivity index (χ1n) is 11.0. The van der Waals surface area contributed by atoms with Gasteiger partial charge in [0.25, 0.3) is 0 Å². The molecular weight excluding hydrogens is 447 g/mol. The van der Waals surface area contributed by atoms with Crippen LogP contribution in [0.4, 0.5) is 11.4 Å². The summed E-state index contributed by atoms with van der Waals surface area (Å²) in [5, 5.41) is 0. The first-order valence-corrected chi connectivity index (χ1v) is 11.0. The van der Waals surface area contributed by atoms with Gasteiger partial charge in [0.05, 0.1) is 17.1 Å². The molecule has 0 unspecified atom stereocenters. The number of aryl methyl sites for hydroxylation is 4. The standard InChI is InChI=1S/C26H36N2.Pd/c1-6-11-12-24(28-26-17-22(9-4)14-23(10-5)18-26)19-27-25-15-20(7-2)13-21(8-3)16-25;/h13-19H,6-12H2,1-5H3;/b27-19+,28-24+;. The van der Waals surface area contributed by atoms with Crippen LogP contribution in [0.2, 0.25) is 0 Å². The number of nitrogens with zero attached hydrogens (tertiary/aromatic N) is 2. The van der Waals surface area contributed by atoms with Crippen molar-refractivity contribution in [2.75, 3.05) is 0 Å². The fourth-order valence-electron chi connectivity index (χ4n) is 3.26. The van der Waals surface area contributed by atoms with Gasteiger partial charge in [0, 0.05) is 26.6 Å². The summed E-state index contributed by atoms with van der Waals surface area (Å²) < 4.78 is 0. The van der Waals surface area contributed by atoms with Crippen molar-refractivity contribution in [3.05, 3.63) is 58.7 Å². The minimum Gasteiger partial charge on any atom is -0.255 e. The molecule has 0 amide bonds. The van der Waals surface area contributed by atoms with Crippen LogP contribution in [0.1, 0.15) is 76.1 Å². The molecule has 0 radical (unpaired) electrons. The Kier molecular flexibility index (Phi) is 12.0. The number of hydrogen-bond acceptors (Lipinski definition) is 2. The molecule has 0 aliphatic rings. The number of benzene rings is 2. The molecule has 2 nitrogen and oxygen atoms in total. The van der Waals surface area contributed by atoms with Crippen LogP contribution in [0, 0.1) is 0 Å². The van der Waals surface area contributed by atoms with Gasteiger partial charge in [-0.1, -0.05) is 53.2 Å². The average molecular weight is 483 g/mol. The summed E-state index contributed by atoms with van der Waals surface area (Å²) in [5.41, 5.74) is 8.57. The molecule has 3 heteroatoms. The summed E-state index contributed by atoms with van der Waals surface area (Å²) in [4.78, 5) is 9.78. The molecule has 0 saturated carbocycles. The average Bonchev–Trinajstić information content (AvgIpc) is 2.74. The van der Waals surface area contributed by atoms with E-state index >= 15 is 0 Å². The van der Waals surface area contributed by atoms with Crippen LogP contribution in [0.3, 0.4) is 0 Å². The normalized spacial score (nSPS) is 11.7. The largest absolute Gasteiger partial charge is 0.255 e. The first-order chi connectivity index (χ1) is 13.6. The Balaban J connectivity index is 0.00000420. The quantitative estimate of drug-likeness (QED) is 0.246. The molecule has 0 spiro atoms. The Morgan fingerprint density at radius 1 is 0.690 bits per heavy atom. The fraction of sp³-hybridized carbons (Fsp3) is 0.462. The Bertz CT molecular complexity index is 777. The minimum absolute atomic E-state index is 0.